The Morgan fingerprint density at radius 1 is 0.933 bits per heavy atom. The zero-order chi connectivity index (χ0) is 21.5. The molecule has 1 unspecified atom stereocenters. The summed E-state index contributed by atoms with van der Waals surface area (Å²) in [5, 5.41) is 2.98. The van der Waals surface area contributed by atoms with E-state index in [0.29, 0.717) is 25.8 Å². The fourth-order valence-electron chi connectivity index (χ4n) is 4.38. The molecular weight excluding hydrogens is 386 g/mol. The molecule has 0 radical (unpaired) electrons. The first-order valence-corrected chi connectivity index (χ1v) is 10.8. The second kappa shape index (κ2) is 8.20. The molecule has 3 saturated heterocycles. The van der Waals surface area contributed by atoms with Crippen LogP contribution in [0.15, 0.2) is 24.3 Å². The summed E-state index contributed by atoms with van der Waals surface area (Å²) in [6, 6.07) is 8.17. The van der Waals surface area contributed by atoms with Gasteiger partial charge in [-0.05, 0) is 53.0 Å². The first-order chi connectivity index (χ1) is 14.1. The minimum Gasteiger partial charge on any atom is -0.352 e. The minimum absolute atomic E-state index is 0.0336. The van der Waals surface area contributed by atoms with E-state index in [1.165, 1.54) is 5.56 Å². The summed E-state index contributed by atoms with van der Waals surface area (Å²) < 4.78 is 30.4. The molecule has 1 amide bonds. The lowest BCUT2D eigenvalue weighted by Crippen LogP contribution is -2.54. The average molecular weight is 420 g/mol. The zero-order valence-electron chi connectivity index (χ0n) is 18.5. The predicted octanol–water partition coefficient (Wildman–Crippen LogP) is 3.18. The zero-order valence-corrected chi connectivity index (χ0v) is 18.5. The van der Waals surface area contributed by atoms with Crippen molar-refractivity contribution in [1.29, 1.82) is 0 Å². The lowest BCUT2D eigenvalue weighted by Gasteiger charge is -2.37. The number of hydrogen-bond acceptors (Lipinski definition) is 6. The van der Waals surface area contributed by atoms with Gasteiger partial charge in [0.15, 0.2) is 17.9 Å². The average Bonchev–Trinajstić information content (AvgIpc) is 3.15. The van der Waals surface area contributed by atoms with Crippen LogP contribution >= 0.6 is 0 Å². The highest BCUT2D eigenvalue weighted by atomic mass is 16.9. The van der Waals surface area contributed by atoms with Gasteiger partial charge in [-0.1, -0.05) is 29.8 Å². The summed E-state index contributed by atoms with van der Waals surface area (Å²) in [5.41, 5.74) is 2.30. The number of fused-ring (bicyclic) bond motifs is 3. The van der Waals surface area contributed by atoms with Crippen LogP contribution < -0.4 is 5.32 Å². The largest absolute Gasteiger partial charge is 0.352 e. The van der Waals surface area contributed by atoms with Crippen LogP contribution in [0.25, 0.3) is 0 Å². The molecule has 1 aromatic rings. The molecule has 0 aromatic heterocycles. The monoisotopic (exact) mass is 419 g/mol. The van der Waals surface area contributed by atoms with Crippen molar-refractivity contribution in [3.63, 3.8) is 0 Å². The maximum atomic E-state index is 12.3. The first kappa shape index (κ1) is 21.7. The van der Waals surface area contributed by atoms with Crippen LogP contribution in [0.3, 0.4) is 0 Å². The van der Waals surface area contributed by atoms with Crippen LogP contribution in [0.5, 0.6) is 0 Å². The van der Waals surface area contributed by atoms with Gasteiger partial charge in [-0.2, -0.15) is 0 Å². The molecule has 3 aliphatic heterocycles. The minimum atomic E-state index is -0.721. The van der Waals surface area contributed by atoms with Gasteiger partial charge in [0.2, 0.25) is 5.91 Å². The Hall–Kier alpha value is -1.51. The summed E-state index contributed by atoms with van der Waals surface area (Å²) in [4.78, 5) is 12.3. The van der Waals surface area contributed by atoms with Gasteiger partial charge < -0.3 is 29.0 Å². The van der Waals surface area contributed by atoms with Gasteiger partial charge in [0.05, 0.1) is 6.10 Å². The van der Waals surface area contributed by atoms with Crippen molar-refractivity contribution in [2.45, 2.75) is 103 Å². The van der Waals surface area contributed by atoms with Crippen molar-refractivity contribution in [3.8, 4) is 0 Å². The molecule has 3 heterocycles. The fourth-order valence-corrected chi connectivity index (χ4v) is 4.38. The Morgan fingerprint density at radius 3 is 2.30 bits per heavy atom. The van der Waals surface area contributed by atoms with E-state index in [0.717, 1.165) is 5.56 Å². The smallest absolute Gasteiger partial charge is 0.220 e. The van der Waals surface area contributed by atoms with Crippen LogP contribution in [0.2, 0.25) is 0 Å². The Kier molecular flexibility index (Phi) is 5.94. The fraction of sp³-hybridized carbons (Fsp3) is 0.696. The molecule has 0 spiro atoms. The molecule has 0 bridgehead atoms. The van der Waals surface area contributed by atoms with Crippen molar-refractivity contribution in [3.05, 3.63) is 35.4 Å². The molecule has 3 fully saturated rings. The Bertz CT molecular complexity index is 761. The third-order valence-corrected chi connectivity index (χ3v) is 5.75. The molecule has 166 valence electrons. The molecule has 0 aliphatic carbocycles. The summed E-state index contributed by atoms with van der Waals surface area (Å²) in [6.07, 6.45) is 0.310. The number of nitrogens with one attached hydrogen (secondary N) is 1. The quantitative estimate of drug-likeness (QED) is 0.763. The molecule has 7 heteroatoms. The maximum absolute atomic E-state index is 12.3. The predicted molar refractivity (Wildman–Crippen MR) is 109 cm³/mol. The van der Waals surface area contributed by atoms with Gasteiger partial charge in [0.1, 0.15) is 18.3 Å². The number of ether oxygens (including phenoxy) is 5. The molecule has 7 nitrogen and oxygen atoms in total. The van der Waals surface area contributed by atoms with Crippen LogP contribution in [0, 0.1) is 6.92 Å². The lowest BCUT2D eigenvalue weighted by atomic mass is 9.95. The number of benzene rings is 1. The van der Waals surface area contributed by atoms with Crippen LogP contribution in [0.1, 0.15) is 58.1 Å². The molecule has 1 aromatic carbocycles. The second-order valence-electron chi connectivity index (χ2n) is 9.36. The number of carbonyl (C=O) groups excluding carboxylic acids is 1. The van der Waals surface area contributed by atoms with E-state index >= 15 is 0 Å². The maximum Gasteiger partial charge on any atom is 0.220 e. The lowest BCUT2D eigenvalue weighted by molar-refractivity contribution is -0.235. The van der Waals surface area contributed by atoms with Crippen molar-refractivity contribution < 1.29 is 28.5 Å². The molecule has 5 atom stereocenters. The normalized spacial score (nSPS) is 33.7. The Balaban J connectivity index is 1.29. The Morgan fingerprint density at radius 2 is 1.57 bits per heavy atom. The standard InChI is InChI=1S/C23H33NO6/c1-14-9-11-15(12-10-14)13-24-17(25)8-6-7-16-18-19(28-22(2,3)27-18)20-21(26-16)30-23(4,5)29-20/h9-12,16,18-21H,6-8,13H2,1-5H3,(H,24,25)/t16?,18-,19-,20+,21+/m0/s1. The number of rotatable bonds is 6. The van der Waals surface area contributed by atoms with Gasteiger partial charge in [-0.25, -0.2) is 0 Å². The molecule has 30 heavy (non-hydrogen) atoms. The van der Waals surface area contributed by atoms with Crippen LogP contribution in [-0.2, 0) is 35.0 Å². The highest BCUT2D eigenvalue weighted by Crippen LogP contribution is 2.44. The highest BCUT2D eigenvalue weighted by molar-refractivity contribution is 5.75. The topological polar surface area (TPSA) is 75.3 Å². The van der Waals surface area contributed by atoms with Gasteiger partial charge >= 0.3 is 0 Å². The van der Waals surface area contributed by atoms with E-state index in [9.17, 15) is 4.79 Å². The van der Waals surface area contributed by atoms with Crippen molar-refractivity contribution in [2.75, 3.05) is 0 Å². The third-order valence-electron chi connectivity index (χ3n) is 5.75. The van der Waals surface area contributed by atoms with Gasteiger partial charge in [0.25, 0.3) is 0 Å². The van der Waals surface area contributed by atoms with E-state index in [-0.39, 0.29) is 30.3 Å². The molecule has 0 saturated carbocycles. The summed E-state index contributed by atoms with van der Waals surface area (Å²) >= 11 is 0. The second-order valence-corrected chi connectivity index (χ2v) is 9.36. The first-order valence-electron chi connectivity index (χ1n) is 10.8. The number of amides is 1. The third kappa shape index (κ3) is 4.86. The van der Waals surface area contributed by atoms with Crippen molar-refractivity contribution in [1.82, 2.24) is 5.32 Å². The van der Waals surface area contributed by atoms with Gasteiger partial charge in [-0.3, -0.25) is 4.79 Å². The van der Waals surface area contributed by atoms with E-state index in [2.05, 4.69) is 5.32 Å². The summed E-state index contributed by atoms with van der Waals surface area (Å²) in [7, 11) is 0. The van der Waals surface area contributed by atoms with E-state index in [1.807, 2.05) is 58.9 Å². The summed E-state index contributed by atoms with van der Waals surface area (Å²) in [6.45, 7) is 10.1. The van der Waals surface area contributed by atoms with Crippen molar-refractivity contribution in [2.24, 2.45) is 0 Å². The van der Waals surface area contributed by atoms with Crippen LogP contribution in [-0.4, -0.2) is 48.2 Å². The van der Waals surface area contributed by atoms with Gasteiger partial charge in [-0.15, -0.1) is 0 Å². The molecule has 1 N–H and O–H groups in total. The SMILES string of the molecule is Cc1ccc(CNC(=O)CCCC2O[C@@H]3OC(C)(C)O[C@@H]3[C@H]3OC(C)(C)O[C@@H]23)cc1. The van der Waals surface area contributed by atoms with E-state index in [4.69, 9.17) is 23.7 Å². The molecular formula is C23H33NO6. The van der Waals surface area contributed by atoms with Crippen molar-refractivity contribution >= 4 is 5.91 Å². The van der Waals surface area contributed by atoms with E-state index < -0.39 is 17.9 Å². The van der Waals surface area contributed by atoms with Crippen LogP contribution in [0.4, 0.5) is 0 Å². The highest BCUT2D eigenvalue weighted by Gasteiger charge is 2.60. The number of hydrogen-bond donors (Lipinski definition) is 1. The number of carbonyl (C=O) groups is 1. The Labute approximate surface area is 178 Å². The number of aryl methyl sites for hydroxylation is 1. The molecule has 3 aliphatic rings. The molecule has 4 rings (SSSR count). The van der Waals surface area contributed by atoms with E-state index in [1.54, 1.807) is 0 Å². The summed E-state index contributed by atoms with van der Waals surface area (Å²) in [5.74, 6) is -1.39. The van der Waals surface area contributed by atoms with Gasteiger partial charge in [0, 0.05) is 13.0 Å².